The average Bonchev–Trinajstić information content (AvgIpc) is 3.04. The normalized spacial score (nSPS) is 11.1. The van der Waals surface area contributed by atoms with Crippen molar-refractivity contribution in [2.24, 2.45) is 0 Å². The molecule has 0 amide bonds. The first kappa shape index (κ1) is 18.3. The number of nitrogens with zero attached hydrogens (tertiary/aromatic N) is 4. The molecule has 1 N–H and O–H groups in total. The molecule has 0 aliphatic heterocycles. The summed E-state index contributed by atoms with van der Waals surface area (Å²) in [6.07, 6.45) is 1.68. The predicted molar refractivity (Wildman–Crippen MR) is 111 cm³/mol. The number of halogens is 1. The quantitative estimate of drug-likeness (QED) is 0.495. The Balaban J connectivity index is 1.92. The highest BCUT2D eigenvalue weighted by atomic mass is 79.9. The Kier molecular flexibility index (Phi) is 4.47. The molecule has 7 heteroatoms. The maximum Gasteiger partial charge on any atom is 0.355 e. The molecule has 0 radical (unpaired) electrons. The molecule has 0 unspecified atom stereocenters. The van der Waals surface area contributed by atoms with Crippen LogP contribution in [0.3, 0.4) is 0 Å². The van der Waals surface area contributed by atoms with Gasteiger partial charge < -0.3 is 5.11 Å². The van der Waals surface area contributed by atoms with Crippen LogP contribution in [0.4, 0.5) is 0 Å². The van der Waals surface area contributed by atoms with E-state index in [1.54, 1.807) is 18.3 Å². The smallest absolute Gasteiger partial charge is 0.355 e. The van der Waals surface area contributed by atoms with Crippen LogP contribution in [0.5, 0.6) is 0 Å². The lowest BCUT2D eigenvalue weighted by Crippen LogP contribution is -2.06. The molecule has 140 valence electrons. The number of carboxylic acid groups (broad SMARTS) is 1. The molecule has 0 saturated heterocycles. The minimum Gasteiger partial charge on any atom is -0.476 e. The van der Waals surface area contributed by atoms with E-state index in [0.29, 0.717) is 22.3 Å². The molecular formula is C21H17BrN4O2. The van der Waals surface area contributed by atoms with Crippen molar-refractivity contribution in [1.29, 1.82) is 0 Å². The van der Waals surface area contributed by atoms with E-state index in [0.717, 1.165) is 27.0 Å². The molecule has 2 aromatic carbocycles. The van der Waals surface area contributed by atoms with E-state index in [1.165, 1.54) is 0 Å². The van der Waals surface area contributed by atoms with Gasteiger partial charge in [0.2, 0.25) is 0 Å². The molecule has 6 nitrogen and oxygen atoms in total. The van der Waals surface area contributed by atoms with Gasteiger partial charge in [-0.15, -0.1) is 0 Å². The molecule has 2 aromatic heterocycles. The Bertz CT molecular complexity index is 1250. The second-order valence-electron chi connectivity index (χ2n) is 6.71. The Labute approximate surface area is 170 Å². The van der Waals surface area contributed by atoms with Crippen molar-refractivity contribution in [3.63, 3.8) is 0 Å². The monoisotopic (exact) mass is 436 g/mol. The van der Waals surface area contributed by atoms with Crippen LogP contribution in [0, 0.1) is 20.8 Å². The van der Waals surface area contributed by atoms with E-state index in [2.05, 4.69) is 49.2 Å². The summed E-state index contributed by atoms with van der Waals surface area (Å²) in [7, 11) is 0. The SMILES string of the molecule is Cc1ccc(C)c(-n2ncc(-c3nc(C(=O)O)c4cc(Br)ccc4n3)c2C)c1. The molecule has 4 aromatic rings. The van der Waals surface area contributed by atoms with Crippen LogP contribution < -0.4 is 0 Å². The minimum atomic E-state index is -1.09. The van der Waals surface area contributed by atoms with Gasteiger partial charge in [0.1, 0.15) is 0 Å². The Morgan fingerprint density at radius 2 is 1.86 bits per heavy atom. The highest BCUT2D eigenvalue weighted by Crippen LogP contribution is 2.28. The van der Waals surface area contributed by atoms with Crippen molar-refractivity contribution in [2.45, 2.75) is 20.8 Å². The first-order chi connectivity index (χ1) is 13.3. The fourth-order valence-electron chi connectivity index (χ4n) is 3.20. The summed E-state index contributed by atoms with van der Waals surface area (Å²) in [5.74, 6) is -0.743. The van der Waals surface area contributed by atoms with Crippen LogP contribution in [0.2, 0.25) is 0 Å². The first-order valence-corrected chi connectivity index (χ1v) is 9.47. The summed E-state index contributed by atoms with van der Waals surface area (Å²) in [5, 5.41) is 14.6. The Morgan fingerprint density at radius 3 is 2.61 bits per heavy atom. The van der Waals surface area contributed by atoms with E-state index < -0.39 is 5.97 Å². The topological polar surface area (TPSA) is 80.9 Å². The van der Waals surface area contributed by atoms with Gasteiger partial charge in [0.05, 0.1) is 28.7 Å². The lowest BCUT2D eigenvalue weighted by molar-refractivity contribution is 0.0693. The highest BCUT2D eigenvalue weighted by Gasteiger charge is 2.19. The summed E-state index contributed by atoms with van der Waals surface area (Å²) < 4.78 is 2.62. The third-order valence-corrected chi connectivity index (χ3v) is 5.20. The summed E-state index contributed by atoms with van der Waals surface area (Å²) >= 11 is 3.37. The number of carbonyl (C=O) groups is 1. The van der Waals surface area contributed by atoms with Crippen molar-refractivity contribution in [1.82, 2.24) is 19.7 Å². The van der Waals surface area contributed by atoms with Gasteiger partial charge in [-0.25, -0.2) is 19.4 Å². The third kappa shape index (κ3) is 3.07. The molecule has 0 bridgehead atoms. The van der Waals surface area contributed by atoms with Gasteiger partial charge in [-0.1, -0.05) is 28.1 Å². The second kappa shape index (κ2) is 6.83. The number of aromatic carboxylic acids is 1. The number of carboxylic acids is 1. The van der Waals surface area contributed by atoms with E-state index in [1.807, 2.05) is 31.5 Å². The van der Waals surface area contributed by atoms with Gasteiger partial charge in [0, 0.05) is 9.86 Å². The standard InChI is InChI=1S/C21H17BrN4O2/c1-11-4-5-12(2)18(8-11)26-13(3)16(10-23-26)20-24-17-7-6-14(22)9-15(17)19(25-20)21(27)28/h4-10H,1-3H3,(H,27,28). The average molecular weight is 437 g/mol. The zero-order valence-corrected chi connectivity index (χ0v) is 17.1. The molecule has 4 rings (SSSR count). The summed E-state index contributed by atoms with van der Waals surface area (Å²) in [5.41, 5.74) is 5.31. The number of aromatic nitrogens is 4. The van der Waals surface area contributed by atoms with Crippen molar-refractivity contribution in [3.05, 3.63) is 69.6 Å². The van der Waals surface area contributed by atoms with Gasteiger partial charge in [0.25, 0.3) is 0 Å². The lowest BCUT2D eigenvalue weighted by atomic mass is 10.1. The van der Waals surface area contributed by atoms with Crippen LogP contribution in [0.15, 0.2) is 47.1 Å². The Hall–Kier alpha value is -3.06. The van der Waals surface area contributed by atoms with E-state index >= 15 is 0 Å². The summed E-state index contributed by atoms with van der Waals surface area (Å²) in [4.78, 5) is 20.7. The van der Waals surface area contributed by atoms with Crippen LogP contribution in [0.1, 0.15) is 27.3 Å². The predicted octanol–water partition coefficient (Wildman–Crippen LogP) is 4.87. The largest absolute Gasteiger partial charge is 0.476 e. The van der Waals surface area contributed by atoms with Gasteiger partial charge >= 0.3 is 5.97 Å². The fraction of sp³-hybridized carbons (Fsp3) is 0.143. The zero-order chi connectivity index (χ0) is 20.0. The molecule has 0 aliphatic carbocycles. The second-order valence-corrected chi connectivity index (χ2v) is 7.62. The summed E-state index contributed by atoms with van der Waals surface area (Å²) in [6.45, 7) is 5.99. The van der Waals surface area contributed by atoms with Crippen LogP contribution in [-0.2, 0) is 0 Å². The number of rotatable bonds is 3. The number of aryl methyl sites for hydroxylation is 2. The third-order valence-electron chi connectivity index (χ3n) is 4.70. The number of hydrogen-bond acceptors (Lipinski definition) is 4. The van der Waals surface area contributed by atoms with Gasteiger partial charge in [-0.2, -0.15) is 5.10 Å². The molecule has 2 heterocycles. The molecule has 0 atom stereocenters. The van der Waals surface area contributed by atoms with Gasteiger partial charge in [-0.05, 0) is 56.2 Å². The fourth-order valence-corrected chi connectivity index (χ4v) is 3.56. The lowest BCUT2D eigenvalue weighted by Gasteiger charge is -2.10. The molecular weight excluding hydrogens is 420 g/mol. The van der Waals surface area contributed by atoms with Crippen molar-refractivity contribution < 1.29 is 9.90 Å². The molecule has 28 heavy (non-hydrogen) atoms. The van der Waals surface area contributed by atoms with E-state index in [4.69, 9.17) is 0 Å². The van der Waals surface area contributed by atoms with Crippen molar-refractivity contribution in [2.75, 3.05) is 0 Å². The first-order valence-electron chi connectivity index (χ1n) is 8.68. The molecule has 0 fully saturated rings. The molecule has 0 saturated carbocycles. The van der Waals surface area contributed by atoms with Crippen LogP contribution in [-0.4, -0.2) is 30.8 Å². The Morgan fingerprint density at radius 1 is 1.07 bits per heavy atom. The minimum absolute atomic E-state index is 0.0276. The number of fused-ring (bicyclic) bond motifs is 1. The summed E-state index contributed by atoms with van der Waals surface area (Å²) in [6, 6.07) is 11.5. The maximum atomic E-state index is 11.8. The molecule has 0 aliphatic rings. The highest BCUT2D eigenvalue weighted by molar-refractivity contribution is 9.10. The van der Waals surface area contributed by atoms with Gasteiger partial charge in [0.15, 0.2) is 11.5 Å². The molecule has 0 spiro atoms. The van der Waals surface area contributed by atoms with Crippen LogP contribution in [0.25, 0.3) is 28.0 Å². The van der Waals surface area contributed by atoms with Gasteiger partial charge in [-0.3, -0.25) is 0 Å². The zero-order valence-electron chi connectivity index (χ0n) is 15.6. The number of benzene rings is 2. The van der Waals surface area contributed by atoms with Crippen molar-refractivity contribution in [3.8, 4) is 17.1 Å². The maximum absolute atomic E-state index is 11.8. The number of hydrogen-bond donors (Lipinski definition) is 1. The van der Waals surface area contributed by atoms with E-state index in [-0.39, 0.29) is 5.69 Å². The van der Waals surface area contributed by atoms with Crippen molar-refractivity contribution >= 4 is 32.8 Å². The van der Waals surface area contributed by atoms with E-state index in [9.17, 15) is 9.90 Å². The van der Waals surface area contributed by atoms with Crippen LogP contribution >= 0.6 is 15.9 Å².